The maximum Gasteiger partial charge on any atom is 0.253 e. The van der Waals surface area contributed by atoms with Gasteiger partial charge in [-0.2, -0.15) is 0 Å². The summed E-state index contributed by atoms with van der Waals surface area (Å²) in [5, 5.41) is 0. The van der Waals surface area contributed by atoms with Crippen molar-refractivity contribution in [3.63, 3.8) is 0 Å². The summed E-state index contributed by atoms with van der Waals surface area (Å²) in [6.45, 7) is 2.44. The quantitative estimate of drug-likeness (QED) is 0.819. The first-order valence-electron chi connectivity index (χ1n) is 5.63. The number of thiocarbonyl (C=S) groups is 1. The number of ether oxygens (including phenoxy) is 1. The van der Waals surface area contributed by atoms with Crippen LogP contribution in [0.4, 0.5) is 0 Å². The van der Waals surface area contributed by atoms with E-state index in [9.17, 15) is 4.79 Å². The summed E-state index contributed by atoms with van der Waals surface area (Å²) >= 11 is 4.86. The Morgan fingerprint density at radius 1 is 1.39 bits per heavy atom. The van der Waals surface area contributed by atoms with Crippen LogP contribution in [0.15, 0.2) is 24.3 Å². The molecular weight excluding hydrogens is 248 g/mol. The lowest BCUT2D eigenvalue weighted by Gasteiger charge is -2.24. The summed E-state index contributed by atoms with van der Waals surface area (Å²) < 4.78 is 5.03. The molecular formula is C13H18N2O2S. The molecule has 1 unspecified atom stereocenters. The number of hydrogen-bond acceptors (Lipinski definition) is 3. The molecule has 1 atom stereocenters. The van der Waals surface area contributed by atoms with Gasteiger partial charge in [0.1, 0.15) is 4.99 Å². The highest BCUT2D eigenvalue weighted by Gasteiger charge is 2.17. The summed E-state index contributed by atoms with van der Waals surface area (Å²) in [5.41, 5.74) is 6.88. The number of amides is 1. The van der Waals surface area contributed by atoms with Gasteiger partial charge >= 0.3 is 0 Å². The molecule has 1 aromatic carbocycles. The average molecular weight is 266 g/mol. The molecule has 1 aromatic rings. The van der Waals surface area contributed by atoms with Crippen LogP contribution in [0.5, 0.6) is 0 Å². The van der Waals surface area contributed by atoms with Crippen molar-refractivity contribution in [1.29, 1.82) is 0 Å². The Hall–Kier alpha value is -1.46. The molecule has 0 aliphatic heterocycles. The van der Waals surface area contributed by atoms with Gasteiger partial charge in [0.15, 0.2) is 0 Å². The predicted octanol–water partition coefficient (Wildman–Crippen LogP) is 1.43. The zero-order chi connectivity index (χ0) is 13.7. The number of nitrogens with zero attached hydrogens (tertiary/aromatic N) is 1. The molecule has 4 nitrogen and oxygen atoms in total. The Balaban J connectivity index is 2.80. The third-order valence-electron chi connectivity index (χ3n) is 2.81. The maximum atomic E-state index is 12.1. The van der Waals surface area contributed by atoms with Gasteiger partial charge in [0.25, 0.3) is 5.91 Å². The molecule has 0 radical (unpaired) electrons. The summed E-state index contributed by atoms with van der Waals surface area (Å²) in [4.78, 5) is 14.1. The van der Waals surface area contributed by atoms with Crippen molar-refractivity contribution in [2.45, 2.75) is 13.0 Å². The SMILES string of the molecule is COCC(C)N(C)C(=O)c1ccc(C(N)=S)cc1. The summed E-state index contributed by atoms with van der Waals surface area (Å²) in [7, 11) is 3.37. The van der Waals surface area contributed by atoms with Crippen LogP contribution in [0.1, 0.15) is 22.8 Å². The van der Waals surface area contributed by atoms with Gasteiger partial charge in [0.05, 0.1) is 12.6 Å². The van der Waals surface area contributed by atoms with Crippen molar-refractivity contribution in [3.8, 4) is 0 Å². The predicted molar refractivity (Wildman–Crippen MR) is 75.8 cm³/mol. The Kier molecular flexibility index (Phi) is 5.25. The fourth-order valence-corrected chi connectivity index (χ4v) is 1.67. The van der Waals surface area contributed by atoms with Gasteiger partial charge in [0, 0.05) is 25.3 Å². The van der Waals surface area contributed by atoms with E-state index in [0.29, 0.717) is 17.2 Å². The van der Waals surface area contributed by atoms with Gasteiger partial charge in [-0.05, 0) is 19.1 Å². The zero-order valence-corrected chi connectivity index (χ0v) is 11.7. The second-order valence-electron chi connectivity index (χ2n) is 4.16. The topological polar surface area (TPSA) is 55.6 Å². The highest BCUT2D eigenvalue weighted by atomic mass is 32.1. The third-order valence-corrected chi connectivity index (χ3v) is 3.04. The van der Waals surface area contributed by atoms with E-state index >= 15 is 0 Å². The van der Waals surface area contributed by atoms with Crippen LogP contribution in [-0.2, 0) is 4.74 Å². The van der Waals surface area contributed by atoms with E-state index in [2.05, 4.69) is 0 Å². The van der Waals surface area contributed by atoms with Crippen molar-refractivity contribution >= 4 is 23.1 Å². The molecule has 0 saturated heterocycles. The van der Waals surface area contributed by atoms with Gasteiger partial charge in [0.2, 0.25) is 0 Å². The van der Waals surface area contributed by atoms with Crippen LogP contribution in [0.25, 0.3) is 0 Å². The minimum Gasteiger partial charge on any atom is -0.389 e. The summed E-state index contributed by atoms with van der Waals surface area (Å²) in [5.74, 6) is -0.0472. The molecule has 0 bridgehead atoms. The highest BCUT2D eigenvalue weighted by Crippen LogP contribution is 2.09. The molecule has 1 rings (SSSR count). The van der Waals surface area contributed by atoms with Crippen molar-refractivity contribution in [2.24, 2.45) is 5.73 Å². The average Bonchev–Trinajstić information content (AvgIpc) is 2.37. The molecule has 98 valence electrons. The van der Waals surface area contributed by atoms with Crippen LogP contribution in [0, 0.1) is 0 Å². The number of benzene rings is 1. The van der Waals surface area contributed by atoms with Crippen LogP contribution >= 0.6 is 12.2 Å². The minimum atomic E-state index is -0.0472. The van der Waals surface area contributed by atoms with E-state index in [1.807, 2.05) is 6.92 Å². The molecule has 1 amide bonds. The van der Waals surface area contributed by atoms with E-state index in [1.54, 1.807) is 43.3 Å². The number of carbonyl (C=O) groups excluding carboxylic acids is 1. The summed E-state index contributed by atoms with van der Waals surface area (Å²) in [6.07, 6.45) is 0. The molecule has 0 aromatic heterocycles. The van der Waals surface area contributed by atoms with Gasteiger partial charge < -0.3 is 15.4 Å². The Labute approximate surface area is 113 Å². The second-order valence-corrected chi connectivity index (χ2v) is 4.60. The standard InChI is InChI=1S/C13H18N2O2S/c1-9(8-17-3)15(2)13(16)11-6-4-10(5-7-11)12(14)18/h4-7,9H,8H2,1-3H3,(H2,14,18). The fourth-order valence-electron chi connectivity index (χ4n) is 1.53. The first-order valence-corrected chi connectivity index (χ1v) is 6.04. The number of methoxy groups -OCH3 is 1. The number of nitrogens with two attached hydrogens (primary N) is 1. The third kappa shape index (κ3) is 3.51. The molecule has 18 heavy (non-hydrogen) atoms. The van der Waals surface area contributed by atoms with E-state index < -0.39 is 0 Å². The van der Waals surface area contributed by atoms with Crippen LogP contribution in [0.3, 0.4) is 0 Å². The van der Waals surface area contributed by atoms with Crippen molar-refractivity contribution in [3.05, 3.63) is 35.4 Å². The molecule has 0 aliphatic rings. The minimum absolute atomic E-state index is 0.0257. The molecule has 0 saturated carbocycles. The zero-order valence-electron chi connectivity index (χ0n) is 10.8. The molecule has 0 heterocycles. The van der Waals surface area contributed by atoms with Crippen molar-refractivity contribution in [2.75, 3.05) is 20.8 Å². The van der Waals surface area contributed by atoms with Crippen LogP contribution in [-0.4, -0.2) is 42.6 Å². The largest absolute Gasteiger partial charge is 0.389 e. The Morgan fingerprint density at radius 2 is 1.89 bits per heavy atom. The smallest absolute Gasteiger partial charge is 0.253 e. The molecule has 2 N–H and O–H groups in total. The van der Waals surface area contributed by atoms with Crippen LogP contribution < -0.4 is 5.73 Å². The second kappa shape index (κ2) is 6.47. The van der Waals surface area contributed by atoms with Gasteiger partial charge in [-0.25, -0.2) is 0 Å². The van der Waals surface area contributed by atoms with Crippen LogP contribution in [0.2, 0.25) is 0 Å². The Morgan fingerprint density at radius 3 is 2.33 bits per heavy atom. The monoisotopic (exact) mass is 266 g/mol. The van der Waals surface area contributed by atoms with Crippen molar-refractivity contribution in [1.82, 2.24) is 4.90 Å². The molecule has 0 fully saturated rings. The fraction of sp³-hybridized carbons (Fsp3) is 0.385. The van der Waals surface area contributed by atoms with Gasteiger partial charge in [-0.3, -0.25) is 4.79 Å². The number of likely N-dealkylation sites (N-methyl/N-ethyl adjacent to an activating group) is 1. The molecule has 0 spiro atoms. The summed E-state index contributed by atoms with van der Waals surface area (Å²) in [6, 6.07) is 6.99. The number of rotatable bonds is 5. The van der Waals surface area contributed by atoms with Gasteiger partial charge in [-0.1, -0.05) is 24.4 Å². The lowest BCUT2D eigenvalue weighted by Crippen LogP contribution is -2.37. The first kappa shape index (κ1) is 14.6. The van der Waals surface area contributed by atoms with E-state index in [-0.39, 0.29) is 11.9 Å². The first-order chi connectivity index (χ1) is 8.47. The number of carbonyl (C=O) groups is 1. The molecule has 0 aliphatic carbocycles. The normalized spacial score (nSPS) is 11.9. The van der Waals surface area contributed by atoms with E-state index in [4.69, 9.17) is 22.7 Å². The lowest BCUT2D eigenvalue weighted by atomic mass is 10.1. The Bertz CT molecular complexity index is 431. The lowest BCUT2D eigenvalue weighted by molar-refractivity contribution is 0.0633. The van der Waals surface area contributed by atoms with E-state index in [1.165, 1.54) is 0 Å². The molecule has 5 heteroatoms. The highest BCUT2D eigenvalue weighted by molar-refractivity contribution is 7.80. The maximum absolute atomic E-state index is 12.1. The van der Waals surface area contributed by atoms with E-state index in [0.717, 1.165) is 5.56 Å². The van der Waals surface area contributed by atoms with Gasteiger partial charge in [-0.15, -0.1) is 0 Å². The number of hydrogen-bond donors (Lipinski definition) is 1. The van der Waals surface area contributed by atoms with Crippen molar-refractivity contribution < 1.29 is 9.53 Å².